The Labute approximate surface area is 392 Å². The van der Waals surface area contributed by atoms with Crippen LogP contribution in [0.2, 0.25) is 0 Å². The second kappa shape index (κ2) is 24.0. The Balaban J connectivity index is 1.81. The maximum absolute atomic E-state index is 14.5. The van der Waals surface area contributed by atoms with Gasteiger partial charge in [0.1, 0.15) is 35.8 Å². The van der Waals surface area contributed by atoms with Crippen LogP contribution in [0.4, 0.5) is 0 Å². The lowest BCUT2D eigenvalue weighted by molar-refractivity contribution is -0.318. The van der Waals surface area contributed by atoms with Crippen molar-refractivity contribution in [3.8, 4) is 5.75 Å². The summed E-state index contributed by atoms with van der Waals surface area (Å²) in [6, 6.07) is 9.05. The van der Waals surface area contributed by atoms with Gasteiger partial charge in [-0.15, -0.1) is 0 Å². The topological polar surface area (TPSA) is 214 Å². The first-order valence-corrected chi connectivity index (χ1v) is 23.8. The smallest absolute Gasteiger partial charge is 0.311 e. The monoisotopic (exact) mass is 939 g/mol. The maximum Gasteiger partial charge on any atom is 0.311 e. The van der Waals surface area contributed by atoms with Crippen LogP contribution in [-0.4, -0.2) is 162 Å². The standard InChI is InChI=1S/C49H82N2O15/c1-15-36-49(11,57)42(54)30(5)39(50-60-24-20-23-59-34-21-18-17-19-22-34)28(3)26-47(9,56)43(66-46-40(53)35(51(12)13)25-29(4)61-46)31(6)41(32(7)45(55)63-36)65-38-27-48(10,58-14)44(33(8)62-38)64-37(52)16-2/h17-19,21-22,28-33,35-36,38,40-44,46,53-54,56-57H,15-16,20,23-27H2,1-14H3/b50-39+/t28-,29-,30-,31+,32-,33+,35+,36+,38?,40-,41+,42-,43-,44+,46+,47?,48-,49-/m1/s1. The fraction of sp³-hybridized carbons (Fsp3) is 0.816. The lowest BCUT2D eigenvalue weighted by Crippen LogP contribution is -2.61. The van der Waals surface area contributed by atoms with Crippen molar-refractivity contribution in [2.75, 3.05) is 34.4 Å². The molecule has 0 bridgehead atoms. The third-order valence-electron chi connectivity index (χ3n) is 13.9. The SMILES string of the molecule is CCC(=O)O[C@H]1[C@H](C)OC(O[C@H]2[C@H](C)[C@@H](O[C@@H]3O[C@H](C)C[C@H](N(C)C)[C@H]3O)C(C)(O)C[C@@H](C)/C(=N\OCCCOc3ccccc3)[C@@H](C)[C@@H](O)[C@](C)(O)[C@H](CC)OC(=O)[C@@H]2C)C[C@@]1(C)OC. The van der Waals surface area contributed by atoms with E-state index in [1.165, 1.54) is 14.0 Å². The molecule has 0 spiro atoms. The van der Waals surface area contributed by atoms with Crippen molar-refractivity contribution < 1.29 is 72.7 Å². The molecule has 1 aromatic rings. The van der Waals surface area contributed by atoms with Gasteiger partial charge < -0.3 is 68.1 Å². The molecule has 0 aliphatic carbocycles. The fourth-order valence-corrected chi connectivity index (χ4v) is 9.98. The van der Waals surface area contributed by atoms with Gasteiger partial charge in [-0.25, -0.2) is 0 Å². The Bertz CT molecular complexity index is 1700. The minimum atomic E-state index is -1.98. The second-order valence-corrected chi connectivity index (χ2v) is 19.8. The van der Waals surface area contributed by atoms with Crippen molar-refractivity contribution >= 4 is 17.7 Å². The highest BCUT2D eigenvalue weighted by molar-refractivity contribution is 5.88. The van der Waals surface area contributed by atoms with Gasteiger partial charge in [0, 0.05) is 50.2 Å². The van der Waals surface area contributed by atoms with Crippen LogP contribution in [0.1, 0.15) is 115 Å². The average molecular weight is 939 g/mol. The first-order valence-electron chi connectivity index (χ1n) is 23.8. The first-order chi connectivity index (χ1) is 30.9. The van der Waals surface area contributed by atoms with Gasteiger partial charge in [0.15, 0.2) is 18.7 Å². The van der Waals surface area contributed by atoms with E-state index in [1.807, 2.05) is 63.2 Å². The number of esters is 2. The van der Waals surface area contributed by atoms with Crippen LogP contribution >= 0.6 is 0 Å². The van der Waals surface area contributed by atoms with Gasteiger partial charge in [-0.3, -0.25) is 9.59 Å². The highest BCUT2D eigenvalue weighted by Crippen LogP contribution is 2.41. The minimum Gasteiger partial charge on any atom is -0.493 e. The number of likely N-dealkylation sites (N-methyl/N-ethyl adjacent to an activating group) is 1. The summed E-state index contributed by atoms with van der Waals surface area (Å²) in [7, 11) is 5.25. The number of carbonyl (C=O) groups excluding carboxylic acids is 2. The lowest BCUT2D eigenvalue weighted by Gasteiger charge is -2.49. The van der Waals surface area contributed by atoms with E-state index >= 15 is 0 Å². The van der Waals surface area contributed by atoms with Gasteiger partial charge in [-0.05, 0) is 87.0 Å². The zero-order valence-electron chi connectivity index (χ0n) is 41.9. The third-order valence-corrected chi connectivity index (χ3v) is 13.9. The number of aliphatic hydroxyl groups excluding tert-OH is 2. The Morgan fingerprint density at radius 3 is 2.18 bits per heavy atom. The van der Waals surface area contributed by atoms with E-state index in [1.54, 1.807) is 55.4 Å². The number of oxime groups is 1. The quantitative estimate of drug-likeness (QED) is 0.103. The van der Waals surface area contributed by atoms with E-state index in [9.17, 15) is 30.0 Å². The Kier molecular flexibility index (Phi) is 20.3. The number of methoxy groups -OCH3 is 1. The van der Waals surface area contributed by atoms with Crippen LogP contribution in [-0.2, 0) is 47.6 Å². The summed E-state index contributed by atoms with van der Waals surface area (Å²) in [4.78, 5) is 34.8. The highest BCUT2D eigenvalue weighted by atomic mass is 16.7. The van der Waals surface area contributed by atoms with Gasteiger partial charge in [0.05, 0.1) is 54.4 Å². The molecule has 3 saturated heterocycles. The largest absolute Gasteiger partial charge is 0.493 e. The van der Waals surface area contributed by atoms with Crippen LogP contribution in [0, 0.1) is 23.7 Å². The molecule has 0 radical (unpaired) electrons. The third kappa shape index (κ3) is 13.6. The predicted molar refractivity (Wildman–Crippen MR) is 245 cm³/mol. The lowest BCUT2D eigenvalue weighted by atomic mass is 9.73. The summed E-state index contributed by atoms with van der Waals surface area (Å²) in [6.07, 6.45) is -8.81. The maximum atomic E-state index is 14.5. The number of cyclic esters (lactones) is 1. The molecule has 3 fully saturated rings. The van der Waals surface area contributed by atoms with E-state index in [-0.39, 0.29) is 44.4 Å². The molecule has 17 heteroatoms. The molecule has 0 saturated carbocycles. The fourth-order valence-electron chi connectivity index (χ4n) is 9.98. The highest BCUT2D eigenvalue weighted by Gasteiger charge is 2.54. The van der Waals surface area contributed by atoms with Crippen molar-refractivity contribution in [2.24, 2.45) is 28.8 Å². The number of nitrogens with zero attached hydrogens (tertiary/aromatic N) is 2. The van der Waals surface area contributed by atoms with Gasteiger partial charge in [-0.1, -0.05) is 58.0 Å². The molecule has 378 valence electrons. The molecule has 66 heavy (non-hydrogen) atoms. The van der Waals surface area contributed by atoms with Gasteiger partial charge in [-0.2, -0.15) is 0 Å². The molecule has 18 atom stereocenters. The molecule has 3 aliphatic rings. The number of hydrogen-bond acceptors (Lipinski definition) is 17. The number of aliphatic hydroxyl groups is 4. The Hall–Kier alpha value is -2.97. The molecule has 4 rings (SSSR count). The number of benzene rings is 1. The van der Waals surface area contributed by atoms with Gasteiger partial charge >= 0.3 is 11.9 Å². The summed E-state index contributed by atoms with van der Waals surface area (Å²) in [5.74, 6) is -3.87. The number of carbonyl (C=O) groups is 2. The molecule has 0 aromatic heterocycles. The summed E-state index contributed by atoms with van der Waals surface area (Å²) >= 11 is 0. The van der Waals surface area contributed by atoms with Crippen LogP contribution < -0.4 is 4.74 Å². The number of ether oxygens (including phenoxy) is 8. The summed E-state index contributed by atoms with van der Waals surface area (Å²) in [6.45, 7) is 19.4. The van der Waals surface area contributed by atoms with Crippen LogP contribution in [0.3, 0.4) is 0 Å². The number of rotatable bonds is 15. The van der Waals surface area contributed by atoms with Crippen molar-refractivity contribution in [2.45, 2.75) is 199 Å². The van der Waals surface area contributed by atoms with Crippen molar-refractivity contribution in [1.82, 2.24) is 4.90 Å². The van der Waals surface area contributed by atoms with Crippen molar-refractivity contribution in [3.63, 3.8) is 0 Å². The zero-order valence-corrected chi connectivity index (χ0v) is 41.9. The average Bonchev–Trinajstić information content (AvgIpc) is 3.26. The minimum absolute atomic E-state index is 0.0259. The molecule has 3 aliphatic heterocycles. The number of para-hydroxylation sites is 1. The molecule has 3 heterocycles. The predicted octanol–water partition coefficient (Wildman–Crippen LogP) is 5.02. The van der Waals surface area contributed by atoms with E-state index in [4.69, 9.17) is 42.7 Å². The Morgan fingerprint density at radius 1 is 0.909 bits per heavy atom. The molecule has 1 aromatic carbocycles. The molecular weight excluding hydrogens is 857 g/mol. The second-order valence-electron chi connectivity index (χ2n) is 19.8. The van der Waals surface area contributed by atoms with Crippen LogP contribution in [0.15, 0.2) is 35.5 Å². The molecule has 0 amide bonds. The van der Waals surface area contributed by atoms with Crippen molar-refractivity contribution in [1.29, 1.82) is 0 Å². The summed E-state index contributed by atoms with van der Waals surface area (Å²) in [5, 5.41) is 53.4. The Morgan fingerprint density at radius 2 is 1.58 bits per heavy atom. The van der Waals surface area contributed by atoms with E-state index in [2.05, 4.69) is 5.16 Å². The number of hydrogen-bond donors (Lipinski definition) is 4. The van der Waals surface area contributed by atoms with Crippen molar-refractivity contribution in [3.05, 3.63) is 30.3 Å². The first kappa shape index (κ1) is 55.6. The van der Waals surface area contributed by atoms with E-state index < -0.39 is 108 Å². The van der Waals surface area contributed by atoms with Gasteiger partial charge in [0.25, 0.3) is 0 Å². The molecule has 2 unspecified atom stereocenters. The summed E-state index contributed by atoms with van der Waals surface area (Å²) in [5.41, 5.74) is -4.48. The van der Waals surface area contributed by atoms with Crippen LogP contribution in [0.25, 0.3) is 0 Å². The van der Waals surface area contributed by atoms with E-state index in [0.717, 1.165) is 5.75 Å². The molecule has 17 nitrogen and oxygen atoms in total. The van der Waals surface area contributed by atoms with Crippen LogP contribution in [0.5, 0.6) is 5.75 Å². The van der Waals surface area contributed by atoms with E-state index in [0.29, 0.717) is 25.2 Å². The summed E-state index contributed by atoms with van der Waals surface area (Å²) < 4.78 is 50.1. The zero-order chi connectivity index (χ0) is 49.3. The molecule has 4 N–H and O–H groups in total. The van der Waals surface area contributed by atoms with Gasteiger partial charge in [0.2, 0.25) is 0 Å². The normalized spacial score (nSPS) is 41.5. The molecular formula is C49H82N2O15.